The molecular formula is C49H58N6O6. The minimum absolute atomic E-state index is 0.00160. The molecule has 320 valence electrons. The van der Waals surface area contributed by atoms with Crippen LogP contribution < -0.4 is 31.9 Å². The molecule has 3 atom stereocenters. The summed E-state index contributed by atoms with van der Waals surface area (Å²) in [5.41, 5.74) is 1.54. The van der Waals surface area contributed by atoms with E-state index in [4.69, 9.17) is 0 Å². The van der Waals surface area contributed by atoms with Crippen molar-refractivity contribution in [1.29, 1.82) is 0 Å². The molecule has 0 aliphatic heterocycles. The van der Waals surface area contributed by atoms with Gasteiger partial charge in [-0.15, -0.1) is 0 Å². The van der Waals surface area contributed by atoms with Crippen LogP contribution in [0.1, 0.15) is 58.2 Å². The Hall–Kier alpha value is -6.40. The number of carbonyl (C=O) groups is 6. The van der Waals surface area contributed by atoms with Crippen LogP contribution >= 0.6 is 0 Å². The predicted molar refractivity (Wildman–Crippen MR) is 239 cm³/mol. The molecule has 5 aromatic carbocycles. The van der Waals surface area contributed by atoms with Crippen LogP contribution in [-0.4, -0.2) is 78.1 Å². The van der Waals surface area contributed by atoms with Crippen LogP contribution in [0.5, 0.6) is 0 Å². The number of fused-ring (bicyclic) bond motifs is 2. The van der Waals surface area contributed by atoms with E-state index >= 15 is 0 Å². The van der Waals surface area contributed by atoms with Crippen LogP contribution in [0.3, 0.4) is 0 Å². The number of hydrogen-bond donors (Lipinski definition) is 6. The van der Waals surface area contributed by atoms with Gasteiger partial charge in [-0.2, -0.15) is 0 Å². The van der Waals surface area contributed by atoms with E-state index in [1.165, 1.54) is 0 Å². The molecule has 0 aromatic heterocycles. The molecule has 0 heterocycles. The van der Waals surface area contributed by atoms with E-state index in [9.17, 15) is 28.8 Å². The summed E-state index contributed by atoms with van der Waals surface area (Å²) in [4.78, 5) is 81.1. The second kappa shape index (κ2) is 21.2. The minimum atomic E-state index is -1.07. The zero-order valence-corrected chi connectivity index (χ0v) is 35.8. The molecule has 0 unspecified atom stereocenters. The van der Waals surface area contributed by atoms with E-state index in [2.05, 4.69) is 31.9 Å². The maximum atomic E-state index is 14.0. The quantitative estimate of drug-likeness (QED) is 0.0660. The molecule has 0 spiro atoms. The van der Waals surface area contributed by atoms with Crippen molar-refractivity contribution in [3.8, 4) is 0 Å². The molecule has 12 heteroatoms. The van der Waals surface area contributed by atoms with Gasteiger partial charge in [0.15, 0.2) is 5.78 Å². The van der Waals surface area contributed by atoms with Crippen LogP contribution in [0.4, 0.5) is 0 Å². The Morgan fingerprint density at radius 2 is 1.02 bits per heavy atom. The number of amides is 5. The lowest BCUT2D eigenvalue weighted by atomic mass is 9.92. The average molecular weight is 827 g/mol. The first-order valence-electron chi connectivity index (χ1n) is 20.8. The first kappa shape index (κ1) is 45.7. The summed E-state index contributed by atoms with van der Waals surface area (Å²) in [5.74, 6) is -3.30. The van der Waals surface area contributed by atoms with Gasteiger partial charge in [-0.05, 0) is 65.9 Å². The van der Waals surface area contributed by atoms with Crippen molar-refractivity contribution in [3.05, 3.63) is 132 Å². The summed E-state index contributed by atoms with van der Waals surface area (Å²) in [7, 11) is 0. The van der Waals surface area contributed by atoms with Crippen molar-refractivity contribution >= 4 is 56.9 Å². The Morgan fingerprint density at radius 3 is 1.59 bits per heavy atom. The fourth-order valence-electron chi connectivity index (χ4n) is 7.45. The van der Waals surface area contributed by atoms with Crippen molar-refractivity contribution in [1.82, 2.24) is 31.9 Å². The summed E-state index contributed by atoms with van der Waals surface area (Å²) >= 11 is 0. The number of benzene rings is 5. The van der Waals surface area contributed by atoms with E-state index < -0.39 is 60.4 Å². The number of nitrogens with one attached hydrogen (secondary N) is 6. The molecule has 0 aliphatic carbocycles. The highest BCUT2D eigenvalue weighted by atomic mass is 16.2. The second-order valence-electron chi connectivity index (χ2n) is 16.6. The molecule has 6 N–H and O–H groups in total. The highest BCUT2D eigenvalue weighted by Crippen LogP contribution is 2.22. The van der Waals surface area contributed by atoms with Crippen molar-refractivity contribution < 1.29 is 28.8 Å². The summed E-state index contributed by atoms with van der Waals surface area (Å²) in [5, 5.41) is 20.8. The topological polar surface area (TPSA) is 175 Å². The molecule has 0 fully saturated rings. The number of Topliss-reactive ketones (excluding diaryl/α,β-unsaturated/α-hetero) is 1. The molecule has 61 heavy (non-hydrogen) atoms. The molecule has 5 amide bonds. The van der Waals surface area contributed by atoms with Crippen molar-refractivity contribution in [2.24, 2.45) is 5.92 Å². The summed E-state index contributed by atoms with van der Waals surface area (Å²) in [6.45, 7) is 9.93. The molecule has 0 radical (unpaired) electrons. The lowest BCUT2D eigenvalue weighted by Crippen LogP contribution is -2.59. The van der Waals surface area contributed by atoms with Crippen molar-refractivity contribution in [2.75, 3.05) is 13.1 Å². The van der Waals surface area contributed by atoms with Gasteiger partial charge < -0.3 is 31.9 Å². The summed E-state index contributed by atoms with van der Waals surface area (Å²) in [6, 6.07) is 33.4. The van der Waals surface area contributed by atoms with E-state index in [-0.39, 0.29) is 42.9 Å². The van der Waals surface area contributed by atoms with E-state index in [1.807, 2.05) is 129 Å². The van der Waals surface area contributed by atoms with Crippen molar-refractivity contribution in [3.63, 3.8) is 0 Å². The SMILES string of the molecule is CC(C)NC(C)(C)C(=O)N[C@@H](Cc1cccc2ccccc12)C(=O)NCC(=O)NCC(=O)N[C@@H](Cc1ccccc1)C(=O)N[C@@H](Cc1cccc2ccccc12)C(=O)C(C)C. The molecule has 0 saturated heterocycles. The van der Waals surface area contributed by atoms with Crippen LogP contribution in [0.15, 0.2) is 115 Å². The third kappa shape index (κ3) is 13.0. The largest absolute Gasteiger partial charge is 0.346 e. The standard InChI is InChI=1S/C49H58N6O6/c1-31(2)45(58)40(27-36-22-14-20-34-18-10-12-24-38(34)36)53-47(60)41(26-33-16-8-7-9-17-33)52-44(57)30-50-43(56)29-51-46(59)42(54-48(61)49(5,6)55-32(3)4)28-37-23-15-21-35-19-11-13-25-39(35)37/h7-25,31-32,40-42,55H,26-30H2,1-6H3,(H,50,56)(H,51,59)(H,52,57)(H,53,60)(H,54,61)/t40-,41-,42-/m0/s1. The highest BCUT2D eigenvalue weighted by molar-refractivity contribution is 5.97. The van der Waals surface area contributed by atoms with Gasteiger partial charge in [0.1, 0.15) is 12.1 Å². The monoisotopic (exact) mass is 826 g/mol. The van der Waals surface area contributed by atoms with Gasteiger partial charge in [-0.1, -0.05) is 129 Å². The Bertz CT molecular complexity index is 2330. The van der Waals surface area contributed by atoms with Gasteiger partial charge in [0.2, 0.25) is 29.5 Å². The Balaban J connectivity index is 1.24. The maximum Gasteiger partial charge on any atom is 0.243 e. The van der Waals surface area contributed by atoms with E-state index in [0.29, 0.717) is 0 Å². The van der Waals surface area contributed by atoms with Gasteiger partial charge >= 0.3 is 0 Å². The molecule has 12 nitrogen and oxygen atoms in total. The van der Waals surface area contributed by atoms with Gasteiger partial charge in [0.25, 0.3) is 0 Å². The number of carbonyl (C=O) groups excluding carboxylic acids is 6. The fraction of sp³-hybridized carbons (Fsp3) is 0.347. The van der Waals surface area contributed by atoms with Crippen LogP contribution in [0.2, 0.25) is 0 Å². The Labute approximate surface area is 358 Å². The van der Waals surface area contributed by atoms with Crippen LogP contribution in [0.25, 0.3) is 21.5 Å². The molecule has 0 aliphatic rings. The lowest BCUT2D eigenvalue weighted by molar-refractivity contribution is -0.133. The van der Waals surface area contributed by atoms with Gasteiger partial charge in [0.05, 0.1) is 24.7 Å². The zero-order chi connectivity index (χ0) is 44.1. The van der Waals surface area contributed by atoms with E-state index in [1.54, 1.807) is 27.7 Å². The van der Waals surface area contributed by atoms with Crippen molar-refractivity contribution in [2.45, 2.75) is 90.5 Å². The third-order valence-electron chi connectivity index (χ3n) is 10.5. The Morgan fingerprint density at radius 1 is 0.508 bits per heavy atom. The lowest BCUT2D eigenvalue weighted by Gasteiger charge is -2.30. The highest BCUT2D eigenvalue weighted by Gasteiger charge is 2.33. The summed E-state index contributed by atoms with van der Waals surface area (Å²) in [6.07, 6.45) is 0.556. The van der Waals surface area contributed by atoms with Gasteiger partial charge in [-0.3, -0.25) is 28.8 Å². The van der Waals surface area contributed by atoms with E-state index in [0.717, 1.165) is 38.2 Å². The normalized spacial score (nSPS) is 13.0. The summed E-state index contributed by atoms with van der Waals surface area (Å²) < 4.78 is 0. The molecule has 5 aromatic rings. The predicted octanol–water partition coefficient (Wildman–Crippen LogP) is 4.71. The smallest absolute Gasteiger partial charge is 0.243 e. The molecule has 0 saturated carbocycles. The first-order chi connectivity index (χ1) is 29.1. The van der Waals surface area contributed by atoms with Crippen LogP contribution in [0, 0.1) is 5.92 Å². The maximum absolute atomic E-state index is 14.0. The minimum Gasteiger partial charge on any atom is -0.346 e. The molecule has 0 bridgehead atoms. The second-order valence-corrected chi connectivity index (χ2v) is 16.6. The number of hydrogen-bond acceptors (Lipinski definition) is 7. The Kier molecular flexibility index (Phi) is 15.9. The first-order valence-corrected chi connectivity index (χ1v) is 20.8. The number of rotatable bonds is 20. The fourth-order valence-corrected chi connectivity index (χ4v) is 7.45. The third-order valence-corrected chi connectivity index (χ3v) is 10.5. The number of ketones is 1. The average Bonchev–Trinajstić information content (AvgIpc) is 3.23. The molecular weight excluding hydrogens is 769 g/mol. The molecule has 5 rings (SSSR count). The van der Waals surface area contributed by atoms with Crippen LogP contribution in [-0.2, 0) is 48.0 Å². The van der Waals surface area contributed by atoms with Gasteiger partial charge in [0, 0.05) is 31.2 Å². The van der Waals surface area contributed by atoms with Gasteiger partial charge in [-0.25, -0.2) is 0 Å². The zero-order valence-electron chi connectivity index (χ0n) is 35.8.